The summed E-state index contributed by atoms with van der Waals surface area (Å²) in [5.41, 5.74) is 0. The fourth-order valence-electron chi connectivity index (χ4n) is 2.31. The standard InChI is InChI=1S/C11H22N2O/c1-4-13(5-2)11-6-7-12(9-11)8-10(3)14/h11H,4-9H2,1-3H3. The van der Waals surface area contributed by atoms with E-state index in [-0.39, 0.29) is 5.78 Å². The molecular formula is C11H22N2O. The highest BCUT2D eigenvalue weighted by molar-refractivity contribution is 5.77. The summed E-state index contributed by atoms with van der Waals surface area (Å²) >= 11 is 0. The maximum absolute atomic E-state index is 11.0. The van der Waals surface area contributed by atoms with Gasteiger partial charge in [0, 0.05) is 19.1 Å². The number of rotatable bonds is 5. The van der Waals surface area contributed by atoms with Gasteiger partial charge in [0.25, 0.3) is 0 Å². The van der Waals surface area contributed by atoms with E-state index in [1.807, 2.05) is 0 Å². The Bertz CT molecular complexity index is 190. The first kappa shape index (κ1) is 11.7. The Kier molecular flexibility index (Phi) is 4.55. The maximum Gasteiger partial charge on any atom is 0.143 e. The molecule has 0 aromatic rings. The second-order valence-corrected chi connectivity index (χ2v) is 4.10. The molecule has 0 amide bonds. The van der Waals surface area contributed by atoms with Gasteiger partial charge in [-0.1, -0.05) is 13.8 Å². The molecule has 1 fully saturated rings. The van der Waals surface area contributed by atoms with Gasteiger partial charge in [0.2, 0.25) is 0 Å². The fourth-order valence-corrected chi connectivity index (χ4v) is 2.31. The van der Waals surface area contributed by atoms with Gasteiger partial charge in [0.15, 0.2) is 0 Å². The summed E-state index contributed by atoms with van der Waals surface area (Å²) in [6, 6.07) is 0.671. The topological polar surface area (TPSA) is 23.6 Å². The average Bonchev–Trinajstić information content (AvgIpc) is 2.54. The van der Waals surface area contributed by atoms with Gasteiger partial charge < -0.3 is 0 Å². The lowest BCUT2D eigenvalue weighted by molar-refractivity contribution is -0.117. The van der Waals surface area contributed by atoms with Gasteiger partial charge in [-0.3, -0.25) is 14.6 Å². The minimum absolute atomic E-state index is 0.283. The highest BCUT2D eigenvalue weighted by atomic mass is 16.1. The van der Waals surface area contributed by atoms with Crippen molar-refractivity contribution < 1.29 is 4.79 Å². The number of hydrogen-bond acceptors (Lipinski definition) is 3. The van der Waals surface area contributed by atoms with E-state index in [1.54, 1.807) is 6.92 Å². The van der Waals surface area contributed by atoms with Crippen LogP contribution in [0.2, 0.25) is 0 Å². The lowest BCUT2D eigenvalue weighted by Gasteiger charge is -2.25. The number of carbonyl (C=O) groups excluding carboxylic acids is 1. The van der Waals surface area contributed by atoms with Crippen molar-refractivity contribution in [3.63, 3.8) is 0 Å². The van der Waals surface area contributed by atoms with Crippen LogP contribution in [-0.4, -0.2) is 54.3 Å². The van der Waals surface area contributed by atoms with Gasteiger partial charge in [-0.25, -0.2) is 0 Å². The molecule has 3 nitrogen and oxygen atoms in total. The quantitative estimate of drug-likeness (QED) is 0.658. The largest absolute Gasteiger partial charge is 0.300 e. The Balaban J connectivity index is 2.36. The van der Waals surface area contributed by atoms with Crippen LogP contribution in [0.25, 0.3) is 0 Å². The summed E-state index contributed by atoms with van der Waals surface area (Å²) in [7, 11) is 0. The molecule has 0 bridgehead atoms. The molecule has 1 rings (SSSR count). The van der Waals surface area contributed by atoms with Crippen molar-refractivity contribution in [2.24, 2.45) is 0 Å². The van der Waals surface area contributed by atoms with Gasteiger partial charge in [-0.2, -0.15) is 0 Å². The number of nitrogens with zero attached hydrogens (tertiary/aromatic N) is 2. The molecule has 1 heterocycles. The smallest absolute Gasteiger partial charge is 0.143 e. The first-order chi connectivity index (χ1) is 6.67. The molecule has 0 N–H and O–H groups in total. The molecule has 0 saturated carbocycles. The second-order valence-electron chi connectivity index (χ2n) is 4.10. The molecule has 14 heavy (non-hydrogen) atoms. The zero-order valence-corrected chi connectivity index (χ0v) is 9.62. The van der Waals surface area contributed by atoms with Crippen molar-refractivity contribution in [2.75, 3.05) is 32.7 Å². The van der Waals surface area contributed by atoms with Gasteiger partial charge in [0.1, 0.15) is 5.78 Å². The molecule has 0 spiro atoms. The first-order valence-electron chi connectivity index (χ1n) is 5.63. The summed E-state index contributed by atoms with van der Waals surface area (Å²) in [4.78, 5) is 15.7. The van der Waals surface area contributed by atoms with Crippen molar-refractivity contribution >= 4 is 5.78 Å². The predicted molar refractivity (Wildman–Crippen MR) is 58.4 cm³/mol. The second kappa shape index (κ2) is 5.47. The number of ketones is 1. The highest BCUT2D eigenvalue weighted by Crippen LogP contribution is 2.14. The molecule has 3 heteroatoms. The molecule has 1 aliphatic heterocycles. The van der Waals surface area contributed by atoms with Crippen molar-refractivity contribution in [2.45, 2.75) is 33.2 Å². The van der Waals surface area contributed by atoms with E-state index in [2.05, 4.69) is 23.6 Å². The number of hydrogen-bond donors (Lipinski definition) is 0. The third kappa shape index (κ3) is 3.07. The van der Waals surface area contributed by atoms with Crippen molar-refractivity contribution in [1.82, 2.24) is 9.80 Å². The lowest BCUT2D eigenvalue weighted by Crippen LogP contribution is -2.38. The number of carbonyl (C=O) groups is 1. The molecule has 0 aliphatic carbocycles. The third-order valence-electron chi connectivity index (χ3n) is 3.02. The van der Waals surface area contributed by atoms with Crippen LogP contribution in [0.15, 0.2) is 0 Å². The minimum atomic E-state index is 0.283. The molecular weight excluding hydrogens is 176 g/mol. The van der Waals surface area contributed by atoms with E-state index < -0.39 is 0 Å². The molecule has 1 aliphatic rings. The Morgan fingerprint density at radius 3 is 2.57 bits per heavy atom. The zero-order chi connectivity index (χ0) is 10.6. The van der Waals surface area contributed by atoms with Crippen LogP contribution in [0.5, 0.6) is 0 Å². The van der Waals surface area contributed by atoms with E-state index in [9.17, 15) is 4.79 Å². The zero-order valence-electron chi connectivity index (χ0n) is 9.62. The Morgan fingerprint density at radius 2 is 2.07 bits per heavy atom. The van der Waals surface area contributed by atoms with E-state index in [0.29, 0.717) is 12.6 Å². The molecule has 0 aromatic carbocycles. The van der Waals surface area contributed by atoms with Crippen molar-refractivity contribution in [1.29, 1.82) is 0 Å². The SMILES string of the molecule is CCN(CC)C1CCN(CC(C)=O)C1. The van der Waals surface area contributed by atoms with Crippen LogP contribution >= 0.6 is 0 Å². The van der Waals surface area contributed by atoms with Gasteiger partial charge >= 0.3 is 0 Å². The van der Waals surface area contributed by atoms with Crippen molar-refractivity contribution in [3.8, 4) is 0 Å². The number of likely N-dealkylation sites (N-methyl/N-ethyl adjacent to an activating group) is 1. The van der Waals surface area contributed by atoms with Crippen LogP contribution in [-0.2, 0) is 4.79 Å². The molecule has 1 atom stereocenters. The summed E-state index contributed by atoms with van der Waals surface area (Å²) in [5, 5.41) is 0. The van der Waals surface area contributed by atoms with E-state index >= 15 is 0 Å². The first-order valence-corrected chi connectivity index (χ1v) is 5.63. The van der Waals surface area contributed by atoms with Crippen LogP contribution in [0.3, 0.4) is 0 Å². The molecule has 1 saturated heterocycles. The molecule has 1 unspecified atom stereocenters. The molecule has 82 valence electrons. The van der Waals surface area contributed by atoms with Crippen LogP contribution in [0.1, 0.15) is 27.2 Å². The third-order valence-corrected chi connectivity index (χ3v) is 3.02. The maximum atomic E-state index is 11.0. The normalized spacial score (nSPS) is 23.3. The number of Topliss-reactive ketones (excluding diaryl/α,β-unsaturated/α-hetero) is 1. The summed E-state index contributed by atoms with van der Waals surface area (Å²) in [6.45, 7) is 11.1. The van der Waals surface area contributed by atoms with Crippen molar-refractivity contribution in [3.05, 3.63) is 0 Å². The van der Waals surface area contributed by atoms with Crippen LogP contribution in [0.4, 0.5) is 0 Å². The lowest BCUT2D eigenvalue weighted by atomic mass is 10.2. The summed E-state index contributed by atoms with van der Waals surface area (Å²) in [5.74, 6) is 0.283. The predicted octanol–water partition coefficient (Wildman–Crippen LogP) is 0.991. The van der Waals surface area contributed by atoms with Gasteiger partial charge in [0.05, 0.1) is 6.54 Å². The minimum Gasteiger partial charge on any atom is -0.300 e. The highest BCUT2D eigenvalue weighted by Gasteiger charge is 2.26. The molecule has 0 radical (unpaired) electrons. The molecule has 0 aromatic heterocycles. The van der Waals surface area contributed by atoms with Gasteiger partial charge in [-0.05, 0) is 26.4 Å². The van der Waals surface area contributed by atoms with E-state index in [1.165, 1.54) is 6.42 Å². The summed E-state index contributed by atoms with van der Waals surface area (Å²) in [6.07, 6.45) is 1.22. The van der Waals surface area contributed by atoms with Gasteiger partial charge in [-0.15, -0.1) is 0 Å². The fraction of sp³-hybridized carbons (Fsp3) is 0.909. The van der Waals surface area contributed by atoms with E-state index in [0.717, 1.165) is 26.2 Å². The average molecular weight is 198 g/mol. The van der Waals surface area contributed by atoms with Crippen LogP contribution in [0, 0.1) is 0 Å². The monoisotopic (exact) mass is 198 g/mol. The number of likely N-dealkylation sites (tertiary alicyclic amines) is 1. The summed E-state index contributed by atoms with van der Waals surface area (Å²) < 4.78 is 0. The Morgan fingerprint density at radius 1 is 1.43 bits per heavy atom. The van der Waals surface area contributed by atoms with E-state index in [4.69, 9.17) is 0 Å². The van der Waals surface area contributed by atoms with Crippen LogP contribution < -0.4 is 0 Å². The Labute approximate surface area is 87.1 Å². The Hall–Kier alpha value is -0.410.